The topological polar surface area (TPSA) is 102 Å². The molecule has 6 heteroatoms. The van der Waals surface area contributed by atoms with Gasteiger partial charge in [0.2, 0.25) is 0 Å². The molecule has 0 radical (unpaired) electrons. The summed E-state index contributed by atoms with van der Waals surface area (Å²) in [4.78, 5) is 15.2. The number of nitrogens with zero attached hydrogens (tertiary/aromatic N) is 1. The van der Waals surface area contributed by atoms with Crippen LogP contribution in [0.3, 0.4) is 0 Å². The van der Waals surface area contributed by atoms with E-state index in [4.69, 9.17) is 28.8 Å². The highest BCUT2D eigenvalue weighted by atomic mass is 32.1. The van der Waals surface area contributed by atoms with E-state index in [-0.39, 0.29) is 0 Å². The summed E-state index contributed by atoms with van der Waals surface area (Å²) in [5, 5.41) is 8.54. The molecule has 0 spiro atoms. The minimum Gasteiger partial charge on any atom is -0.480 e. The van der Waals surface area contributed by atoms with E-state index in [1.165, 1.54) is 0 Å². The van der Waals surface area contributed by atoms with E-state index in [1.807, 2.05) is 0 Å². The number of hydrogen-bond donors (Lipinski definition) is 3. The predicted molar refractivity (Wildman–Crippen MR) is 64.2 cm³/mol. The largest absolute Gasteiger partial charge is 0.480 e. The molecule has 86 valence electrons. The quantitative estimate of drug-likeness (QED) is 0.332. The van der Waals surface area contributed by atoms with Crippen LogP contribution in [0.5, 0.6) is 0 Å². The van der Waals surface area contributed by atoms with Gasteiger partial charge in [-0.3, -0.25) is 9.79 Å². The Morgan fingerprint density at radius 3 is 2.60 bits per heavy atom. The van der Waals surface area contributed by atoms with Gasteiger partial charge in [-0.15, -0.1) is 0 Å². The number of carboxylic acids is 1. The van der Waals surface area contributed by atoms with Crippen molar-refractivity contribution in [3.05, 3.63) is 0 Å². The van der Waals surface area contributed by atoms with Crippen molar-refractivity contribution in [3.8, 4) is 0 Å². The molecule has 5 N–H and O–H groups in total. The molecule has 0 aromatic carbocycles. The van der Waals surface area contributed by atoms with Crippen molar-refractivity contribution in [2.24, 2.45) is 16.5 Å². The maximum Gasteiger partial charge on any atom is 0.320 e. The highest BCUT2D eigenvalue weighted by Crippen LogP contribution is 2.01. The Morgan fingerprint density at radius 2 is 2.13 bits per heavy atom. The van der Waals surface area contributed by atoms with Crippen molar-refractivity contribution in [2.45, 2.75) is 32.2 Å². The zero-order valence-corrected chi connectivity index (χ0v) is 9.59. The highest BCUT2D eigenvalue weighted by molar-refractivity contribution is 7.80. The molecular weight excluding hydrogens is 214 g/mol. The zero-order valence-electron chi connectivity index (χ0n) is 8.77. The third kappa shape index (κ3) is 8.02. The SMILES string of the molecule is CC(N)=NCCC(=S)CC[C@H](N)C(=O)O. The van der Waals surface area contributed by atoms with Crippen LogP contribution in [0.2, 0.25) is 0 Å². The first kappa shape index (κ1) is 14.0. The molecule has 0 bridgehead atoms. The second kappa shape index (κ2) is 7.30. The first-order chi connectivity index (χ1) is 6.93. The first-order valence-electron chi connectivity index (χ1n) is 4.70. The van der Waals surface area contributed by atoms with Gasteiger partial charge < -0.3 is 16.6 Å². The van der Waals surface area contributed by atoms with E-state index >= 15 is 0 Å². The number of amidine groups is 1. The number of carbonyl (C=O) groups is 1. The molecule has 0 aromatic heterocycles. The zero-order chi connectivity index (χ0) is 11.8. The predicted octanol–water partition coefficient (Wildman–Crippen LogP) is 0.316. The van der Waals surface area contributed by atoms with Crippen LogP contribution in [0.15, 0.2) is 4.99 Å². The summed E-state index contributed by atoms with van der Waals surface area (Å²) in [6.45, 7) is 2.27. The molecule has 0 aliphatic carbocycles. The molecule has 0 aliphatic rings. The van der Waals surface area contributed by atoms with Crippen LogP contribution < -0.4 is 11.5 Å². The van der Waals surface area contributed by atoms with E-state index < -0.39 is 12.0 Å². The van der Waals surface area contributed by atoms with Gasteiger partial charge in [-0.2, -0.15) is 0 Å². The molecule has 0 unspecified atom stereocenters. The fourth-order valence-corrected chi connectivity index (χ4v) is 1.13. The maximum absolute atomic E-state index is 10.4. The van der Waals surface area contributed by atoms with E-state index in [1.54, 1.807) is 6.92 Å². The number of carboxylic acid groups (broad SMARTS) is 1. The summed E-state index contributed by atoms with van der Waals surface area (Å²) in [5.41, 5.74) is 10.7. The van der Waals surface area contributed by atoms with Crippen LogP contribution in [-0.4, -0.2) is 34.4 Å². The maximum atomic E-state index is 10.4. The van der Waals surface area contributed by atoms with Crippen LogP contribution in [0, 0.1) is 0 Å². The van der Waals surface area contributed by atoms with Crippen LogP contribution in [-0.2, 0) is 4.79 Å². The Morgan fingerprint density at radius 1 is 1.53 bits per heavy atom. The third-order valence-electron chi connectivity index (χ3n) is 1.80. The fraction of sp³-hybridized carbons (Fsp3) is 0.667. The van der Waals surface area contributed by atoms with Gasteiger partial charge in [0, 0.05) is 6.54 Å². The Kier molecular flexibility index (Phi) is 6.81. The number of hydrogen-bond acceptors (Lipinski definition) is 4. The Labute approximate surface area is 94.5 Å². The van der Waals surface area contributed by atoms with E-state index in [2.05, 4.69) is 4.99 Å². The number of nitrogens with two attached hydrogens (primary N) is 2. The van der Waals surface area contributed by atoms with Crippen LogP contribution in [0.4, 0.5) is 0 Å². The third-order valence-corrected chi connectivity index (χ3v) is 2.21. The summed E-state index contributed by atoms with van der Waals surface area (Å²) in [6.07, 6.45) is 1.57. The lowest BCUT2D eigenvalue weighted by molar-refractivity contribution is -0.138. The van der Waals surface area contributed by atoms with Gasteiger partial charge in [0.25, 0.3) is 0 Å². The number of aliphatic carboxylic acids is 1. The second-order valence-corrected chi connectivity index (χ2v) is 3.87. The molecule has 0 saturated carbocycles. The van der Waals surface area contributed by atoms with Crippen molar-refractivity contribution in [2.75, 3.05) is 6.54 Å². The number of rotatable bonds is 7. The lowest BCUT2D eigenvalue weighted by Gasteiger charge is -2.06. The molecule has 0 heterocycles. The first-order valence-corrected chi connectivity index (χ1v) is 5.11. The van der Waals surface area contributed by atoms with Crippen LogP contribution >= 0.6 is 12.2 Å². The van der Waals surface area contributed by atoms with Crippen LogP contribution in [0.1, 0.15) is 26.2 Å². The molecular formula is C9H17N3O2S. The standard InChI is InChI=1S/C9H17N3O2S/c1-6(10)12-5-4-7(15)2-3-8(11)9(13)14/h8H,2-5,11H2,1H3,(H2,10,12)(H,13,14)/t8-/m0/s1. The normalized spacial score (nSPS) is 13.6. The lowest BCUT2D eigenvalue weighted by atomic mass is 10.1. The summed E-state index contributed by atoms with van der Waals surface area (Å²) in [6, 6.07) is -0.831. The molecule has 0 rings (SSSR count). The van der Waals surface area contributed by atoms with Gasteiger partial charge in [-0.05, 0) is 31.1 Å². The fourth-order valence-electron chi connectivity index (χ4n) is 0.922. The van der Waals surface area contributed by atoms with Crippen molar-refractivity contribution >= 4 is 28.9 Å². The van der Waals surface area contributed by atoms with Crippen LogP contribution in [0.25, 0.3) is 0 Å². The second-order valence-electron chi connectivity index (χ2n) is 3.30. The minimum atomic E-state index is -0.992. The molecule has 1 atom stereocenters. The highest BCUT2D eigenvalue weighted by Gasteiger charge is 2.11. The Hall–Kier alpha value is -1.01. The average molecular weight is 231 g/mol. The van der Waals surface area contributed by atoms with Crippen molar-refractivity contribution in [1.29, 1.82) is 0 Å². The molecule has 0 aromatic rings. The molecule has 0 saturated heterocycles. The molecule has 0 aliphatic heterocycles. The summed E-state index contributed by atoms with van der Waals surface area (Å²) in [7, 11) is 0. The van der Waals surface area contributed by atoms with E-state index in [0.717, 1.165) is 4.86 Å². The smallest absolute Gasteiger partial charge is 0.320 e. The van der Waals surface area contributed by atoms with Crippen molar-refractivity contribution < 1.29 is 9.90 Å². The minimum absolute atomic E-state index is 0.374. The lowest BCUT2D eigenvalue weighted by Crippen LogP contribution is -2.30. The number of aliphatic imine (C=N–C) groups is 1. The summed E-state index contributed by atoms with van der Waals surface area (Å²) >= 11 is 5.05. The van der Waals surface area contributed by atoms with Gasteiger partial charge in [0.1, 0.15) is 6.04 Å². The Balaban J connectivity index is 3.67. The number of thiocarbonyl (C=S) groups is 1. The van der Waals surface area contributed by atoms with Gasteiger partial charge in [-0.1, -0.05) is 12.2 Å². The summed E-state index contributed by atoms with van der Waals surface area (Å²) < 4.78 is 0. The molecule has 15 heavy (non-hydrogen) atoms. The van der Waals surface area contributed by atoms with Gasteiger partial charge in [0.15, 0.2) is 0 Å². The average Bonchev–Trinajstić information content (AvgIpc) is 2.13. The summed E-state index contributed by atoms with van der Waals surface area (Å²) in [5.74, 6) is -0.464. The molecule has 5 nitrogen and oxygen atoms in total. The van der Waals surface area contributed by atoms with E-state index in [0.29, 0.717) is 31.6 Å². The van der Waals surface area contributed by atoms with Gasteiger partial charge in [-0.25, -0.2) is 0 Å². The van der Waals surface area contributed by atoms with Gasteiger partial charge >= 0.3 is 5.97 Å². The monoisotopic (exact) mass is 231 g/mol. The van der Waals surface area contributed by atoms with Gasteiger partial charge in [0.05, 0.1) is 5.84 Å². The van der Waals surface area contributed by atoms with Crippen molar-refractivity contribution in [1.82, 2.24) is 0 Å². The molecule has 0 fully saturated rings. The molecule has 0 amide bonds. The van der Waals surface area contributed by atoms with Crippen molar-refractivity contribution in [3.63, 3.8) is 0 Å². The Bertz CT molecular complexity index is 262. The van der Waals surface area contributed by atoms with E-state index in [9.17, 15) is 4.79 Å².